The molecular formula is C17H16Cl2FN3O3S. The lowest BCUT2D eigenvalue weighted by Gasteiger charge is -2.30. The van der Waals surface area contributed by atoms with E-state index >= 15 is 0 Å². The van der Waals surface area contributed by atoms with Crippen molar-refractivity contribution in [3.8, 4) is 0 Å². The number of sulfonamides is 1. The molecule has 0 bridgehead atoms. The maximum Gasteiger partial charge on any atom is 0.244 e. The normalized spacial score (nSPS) is 16.3. The zero-order valence-electron chi connectivity index (χ0n) is 14.0. The van der Waals surface area contributed by atoms with Crippen LogP contribution in [0.1, 0.15) is 12.8 Å². The largest absolute Gasteiger partial charge is 0.310 e. The predicted octanol–water partition coefficient (Wildman–Crippen LogP) is 3.57. The molecule has 6 nitrogen and oxygen atoms in total. The smallest absolute Gasteiger partial charge is 0.244 e. The van der Waals surface area contributed by atoms with Crippen molar-refractivity contribution in [2.45, 2.75) is 17.7 Å². The maximum atomic E-state index is 13.2. The first kappa shape index (κ1) is 20.0. The molecule has 1 aliphatic heterocycles. The number of benzene rings is 1. The molecule has 1 amide bonds. The second-order valence-electron chi connectivity index (χ2n) is 6.10. The Kier molecular flexibility index (Phi) is 6.00. The summed E-state index contributed by atoms with van der Waals surface area (Å²) in [6, 6.07) is 6.38. The van der Waals surface area contributed by atoms with E-state index in [1.807, 2.05) is 0 Å². The summed E-state index contributed by atoms with van der Waals surface area (Å²) in [5, 5.41) is 3.00. The molecule has 10 heteroatoms. The summed E-state index contributed by atoms with van der Waals surface area (Å²) >= 11 is 11.6. The minimum Gasteiger partial charge on any atom is -0.310 e. The molecule has 2 aromatic rings. The van der Waals surface area contributed by atoms with Gasteiger partial charge in [-0.1, -0.05) is 23.2 Å². The lowest BCUT2D eigenvalue weighted by Crippen LogP contribution is -2.41. The van der Waals surface area contributed by atoms with Crippen molar-refractivity contribution >= 4 is 45.0 Å². The van der Waals surface area contributed by atoms with Gasteiger partial charge in [-0.05, 0) is 43.2 Å². The average molecular weight is 432 g/mol. The van der Waals surface area contributed by atoms with Gasteiger partial charge in [0.25, 0.3) is 0 Å². The number of aromatic nitrogens is 1. The van der Waals surface area contributed by atoms with E-state index in [9.17, 15) is 17.6 Å². The fourth-order valence-electron chi connectivity index (χ4n) is 2.86. The fourth-order valence-corrected chi connectivity index (χ4v) is 4.95. The molecule has 1 aliphatic rings. The van der Waals surface area contributed by atoms with E-state index in [1.54, 1.807) is 12.1 Å². The highest BCUT2D eigenvalue weighted by molar-refractivity contribution is 7.89. The van der Waals surface area contributed by atoms with Crippen molar-refractivity contribution in [2.75, 3.05) is 18.4 Å². The molecule has 1 aromatic heterocycles. The fraction of sp³-hybridized carbons (Fsp3) is 0.294. The Hall–Kier alpha value is -1.74. The molecule has 1 aromatic carbocycles. The van der Waals surface area contributed by atoms with Gasteiger partial charge < -0.3 is 5.32 Å². The van der Waals surface area contributed by atoms with Gasteiger partial charge >= 0.3 is 0 Å². The molecule has 2 heterocycles. The van der Waals surface area contributed by atoms with Crippen LogP contribution in [0.25, 0.3) is 0 Å². The summed E-state index contributed by atoms with van der Waals surface area (Å²) in [4.78, 5) is 16.2. The highest BCUT2D eigenvalue weighted by Crippen LogP contribution is 2.29. The molecule has 1 N–H and O–H groups in total. The van der Waals surface area contributed by atoms with Gasteiger partial charge in [-0.3, -0.25) is 4.79 Å². The van der Waals surface area contributed by atoms with E-state index in [1.165, 1.54) is 10.5 Å². The van der Waals surface area contributed by atoms with Gasteiger partial charge in [0.1, 0.15) is 16.5 Å². The average Bonchev–Trinajstić information content (AvgIpc) is 2.63. The standard InChI is InChI=1S/C17H16Cl2FN3O3S/c18-12-1-4-16(21-10-12)22-17(24)11-5-7-23(8-6-11)27(25,26)15-3-2-13(20)9-14(15)19/h1-4,9-11H,5-8H2,(H,21,22,24). The van der Waals surface area contributed by atoms with Crippen LogP contribution >= 0.6 is 23.2 Å². The molecule has 27 heavy (non-hydrogen) atoms. The number of hydrogen-bond donors (Lipinski definition) is 1. The lowest BCUT2D eigenvalue weighted by molar-refractivity contribution is -0.120. The van der Waals surface area contributed by atoms with Crippen LogP contribution in [0.2, 0.25) is 10.0 Å². The van der Waals surface area contributed by atoms with Gasteiger partial charge in [0, 0.05) is 25.2 Å². The second kappa shape index (κ2) is 8.10. The molecule has 1 fully saturated rings. The maximum absolute atomic E-state index is 13.2. The van der Waals surface area contributed by atoms with Crippen LogP contribution in [0.5, 0.6) is 0 Å². The lowest BCUT2D eigenvalue weighted by atomic mass is 9.97. The van der Waals surface area contributed by atoms with E-state index in [-0.39, 0.29) is 34.8 Å². The SMILES string of the molecule is O=C(Nc1ccc(Cl)cn1)C1CCN(S(=O)(=O)c2ccc(F)cc2Cl)CC1. The Labute approximate surface area is 166 Å². The topological polar surface area (TPSA) is 79.4 Å². The number of halogens is 3. The van der Waals surface area contributed by atoms with E-state index in [2.05, 4.69) is 10.3 Å². The van der Waals surface area contributed by atoms with Crippen LogP contribution in [-0.2, 0) is 14.8 Å². The van der Waals surface area contributed by atoms with E-state index in [4.69, 9.17) is 23.2 Å². The molecule has 144 valence electrons. The van der Waals surface area contributed by atoms with Crippen LogP contribution in [0, 0.1) is 11.7 Å². The monoisotopic (exact) mass is 431 g/mol. The van der Waals surface area contributed by atoms with Crippen LogP contribution in [0.3, 0.4) is 0 Å². The molecule has 0 saturated carbocycles. The van der Waals surface area contributed by atoms with Crippen LogP contribution in [0.4, 0.5) is 10.2 Å². The number of hydrogen-bond acceptors (Lipinski definition) is 4. The molecule has 0 unspecified atom stereocenters. The number of carbonyl (C=O) groups excluding carboxylic acids is 1. The van der Waals surface area contributed by atoms with Gasteiger partial charge in [0.15, 0.2) is 0 Å². The summed E-state index contributed by atoms with van der Waals surface area (Å²) in [6.45, 7) is 0.338. The highest BCUT2D eigenvalue weighted by Gasteiger charge is 2.33. The molecular weight excluding hydrogens is 416 g/mol. The Morgan fingerprint density at radius 2 is 1.89 bits per heavy atom. The van der Waals surface area contributed by atoms with Crippen LogP contribution < -0.4 is 5.32 Å². The highest BCUT2D eigenvalue weighted by atomic mass is 35.5. The molecule has 1 saturated heterocycles. The van der Waals surface area contributed by atoms with Gasteiger partial charge in [-0.25, -0.2) is 17.8 Å². The van der Waals surface area contributed by atoms with Gasteiger partial charge in [0.05, 0.1) is 10.0 Å². The Morgan fingerprint density at radius 1 is 1.19 bits per heavy atom. The number of nitrogens with zero attached hydrogens (tertiary/aromatic N) is 2. The zero-order valence-corrected chi connectivity index (χ0v) is 16.4. The summed E-state index contributed by atoms with van der Waals surface area (Å²) in [5.41, 5.74) is 0. The number of carbonyl (C=O) groups is 1. The van der Waals surface area contributed by atoms with Gasteiger partial charge in [-0.15, -0.1) is 0 Å². The third-order valence-electron chi connectivity index (χ3n) is 4.32. The van der Waals surface area contributed by atoms with Gasteiger partial charge in [-0.2, -0.15) is 4.31 Å². The molecule has 0 spiro atoms. The predicted molar refractivity (Wildman–Crippen MR) is 101 cm³/mol. The van der Waals surface area contributed by atoms with Crippen molar-refractivity contribution in [2.24, 2.45) is 5.92 Å². The Morgan fingerprint density at radius 3 is 2.48 bits per heavy atom. The second-order valence-corrected chi connectivity index (χ2v) is 8.85. The molecule has 3 rings (SSSR count). The Bertz CT molecular complexity index is 946. The first-order valence-electron chi connectivity index (χ1n) is 8.15. The first-order chi connectivity index (χ1) is 12.8. The quantitative estimate of drug-likeness (QED) is 0.802. The van der Waals surface area contributed by atoms with Crippen molar-refractivity contribution in [1.29, 1.82) is 0 Å². The first-order valence-corrected chi connectivity index (χ1v) is 10.3. The number of rotatable bonds is 4. The van der Waals surface area contributed by atoms with Crippen molar-refractivity contribution in [3.05, 3.63) is 52.4 Å². The van der Waals surface area contributed by atoms with E-state index in [0.29, 0.717) is 23.7 Å². The summed E-state index contributed by atoms with van der Waals surface area (Å²) in [7, 11) is -3.85. The third kappa shape index (κ3) is 4.57. The van der Waals surface area contributed by atoms with E-state index < -0.39 is 15.8 Å². The van der Waals surface area contributed by atoms with Crippen molar-refractivity contribution in [3.63, 3.8) is 0 Å². The number of piperidine rings is 1. The summed E-state index contributed by atoms with van der Waals surface area (Å²) < 4.78 is 39.9. The Balaban J connectivity index is 1.64. The summed E-state index contributed by atoms with van der Waals surface area (Å²) in [5.74, 6) is -0.776. The zero-order chi connectivity index (χ0) is 19.6. The number of nitrogens with one attached hydrogen (secondary N) is 1. The van der Waals surface area contributed by atoms with E-state index in [0.717, 1.165) is 18.2 Å². The third-order valence-corrected chi connectivity index (χ3v) is 6.92. The number of anilines is 1. The minimum absolute atomic E-state index is 0.140. The number of amides is 1. The molecule has 0 aliphatic carbocycles. The molecule has 0 atom stereocenters. The summed E-state index contributed by atoms with van der Waals surface area (Å²) in [6.07, 6.45) is 2.15. The van der Waals surface area contributed by atoms with Crippen molar-refractivity contribution in [1.82, 2.24) is 9.29 Å². The van der Waals surface area contributed by atoms with Crippen LogP contribution in [0.15, 0.2) is 41.4 Å². The van der Waals surface area contributed by atoms with Crippen LogP contribution in [-0.4, -0.2) is 36.7 Å². The minimum atomic E-state index is -3.85. The molecule has 0 radical (unpaired) electrons. The van der Waals surface area contributed by atoms with Crippen molar-refractivity contribution < 1.29 is 17.6 Å². The van der Waals surface area contributed by atoms with Gasteiger partial charge in [0.2, 0.25) is 15.9 Å². The number of pyridine rings is 1.